The van der Waals surface area contributed by atoms with Gasteiger partial charge in [-0.15, -0.1) is 16.4 Å². The summed E-state index contributed by atoms with van der Waals surface area (Å²) in [5.41, 5.74) is 14.7. The maximum atomic E-state index is 13.3. The molecule has 2 unspecified atom stereocenters. The third-order valence-electron chi connectivity index (χ3n) is 6.82. The molecule has 108 valence electrons. The van der Waals surface area contributed by atoms with Gasteiger partial charge < -0.3 is 5.73 Å². The number of fused-ring (bicyclic) bond motifs is 3. The number of rotatable bonds is 0. The van der Waals surface area contributed by atoms with Gasteiger partial charge in [0.2, 0.25) is 0 Å². The number of carbonyl (C=O) groups is 1. The van der Waals surface area contributed by atoms with E-state index in [0.717, 1.165) is 33.9 Å². The van der Waals surface area contributed by atoms with E-state index >= 15 is 0 Å². The van der Waals surface area contributed by atoms with Gasteiger partial charge in [-0.2, -0.15) is 11.5 Å². The Kier molecular flexibility index (Phi) is 3.71. The summed E-state index contributed by atoms with van der Waals surface area (Å²) in [5, 5.41) is -0.479. The second-order valence-electron chi connectivity index (χ2n) is 7.79. The molecule has 0 amide bonds. The standard InChI is InChI=1S/C12H18B8ClNO/c13-2-1-11(19)12(22,10(23)4(2)14)3-5(15)6(16)7(17)8(18)9(3)20(11)21/h1,13-19,22H2. The van der Waals surface area contributed by atoms with Crippen LogP contribution in [0, 0.1) is 0 Å². The van der Waals surface area contributed by atoms with Gasteiger partial charge in [-0.1, -0.05) is 21.9 Å². The minimum absolute atomic E-state index is 0.0407. The number of allylic oxidation sites excluding steroid dienone is 1. The highest BCUT2D eigenvalue weighted by atomic mass is 35.5. The first-order chi connectivity index (χ1) is 10.5. The largest absolute Gasteiger partial charge is 0.316 e. The molecule has 0 spiro atoms. The molecule has 3 rings (SSSR count). The van der Waals surface area contributed by atoms with Gasteiger partial charge in [-0.3, -0.25) is 4.79 Å². The Hall–Kier alpha value is -0.601. The van der Waals surface area contributed by atoms with E-state index in [0.29, 0.717) is 0 Å². The van der Waals surface area contributed by atoms with Crippen molar-refractivity contribution in [2.45, 2.75) is 17.2 Å². The predicted molar refractivity (Wildman–Crippen MR) is 121 cm³/mol. The van der Waals surface area contributed by atoms with E-state index in [4.69, 9.17) is 17.2 Å². The van der Waals surface area contributed by atoms with E-state index in [9.17, 15) is 4.79 Å². The van der Waals surface area contributed by atoms with E-state index in [2.05, 4.69) is 39.2 Å². The van der Waals surface area contributed by atoms with Crippen LogP contribution in [0.15, 0.2) is 10.9 Å². The van der Waals surface area contributed by atoms with E-state index in [1.807, 2.05) is 15.7 Å². The average Bonchev–Trinajstić information content (AvgIpc) is 2.68. The summed E-state index contributed by atoms with van der Waals surface area (Å²) in [5.74, 6) is 0.0407. The average molecular weight is 314 g/mol. The van der Waals surface area contributed by atoms with Gasteiger partial charge >= 0.3 is 0 Å². The van der Waals surface area contributed by atoms with Crippen molar-refractivity contribution in [2.75, 3.05) is 0 Å². The normalized spacial score (nSPS) is 29.7. The number of halogens is 1. The molecule has 0 saturated heterocycles. The molecule has 1 aliphatic heterocycles. The van der Waals surface area contributed by atoms with E-state index in [-0.39, 0.29) is 11.9 Å². The topological polar surface area (TPSA) is 43.1 Å². The Morgan fingerprint density at radius 3 is 2.09 bits per heavy atom. The Morgan fingerprint density at radius 1 is 1.00 bits per heavy atom. The van der Waals surface area contributed by atoms with Crippen LogP contribution in [0.4, 0.5) is 0 Å². The van der Waals surface area contributed by atoms with E-state index in [1.165, 1.54) is 16.4 Å². The van der Waals surface area contributed by atoms with Crippen molar-refractivity contribution in [3.8, 4) is 0 Å². The van der Waals surface area contributed by atoms with Gasteiger partial charge in [0.15, 0.2) is 5.78 Å². The number of carbonyl (C=O) groups excluding carboxylic acids is 1. The van der Waals surface area contributed by atoms with E-state index < -0.39 is 10.8 Å². The van der Waals surface area contributed by atoms with Crippen molar-refractivity contribution >= 4 is 106 Å². The third-order valence-corrected chi connectivity index (χ3v) is 7.52. The minimum atomic E-state index is -1.02. The van der Waals surface area contributed by atoms with Crippen LogP contribution < -0.4 is 33.0 Å². The molecule has 0 radical (unpaired) electrons. The Labute approximate surface area is 150 Å². The molecular formula is C12H18B8ClNO. The van der Waals surface area contributed by atoms with Crippen LogP contribution in [0.25, 0.3) is 0 Å². The number of benzene rings is 1. The molecule has 2 N–H and O–H groups in total. The highest BCUT2D eigenvalue weighted by Gasteiger charge is 2.65. The summed E-state index contributed by atoms with van der Waals surface area (Å²) < 4.78 is 0. The van der Waals surface area contributed by atoms with Crippen molar-refractivity contribution in [2.24, 2.45) is 5.73 Å². The van der Waals surface area contributed by atoms with Crippen LogP contribution in [-0.2, 0) is 10.3 Å². The molecule has 1 heterocycles. The minimum Gasteiger partial charge on any atom is -0.316 e. The smallest absolute Gasteiger partial charge is 0.284 e. The summed E-state index contributed by atoms with van der Waals surface area (Å²) in [6.07, 6.45) is 0.522. The van der Waals surface area contributed by atoms with Crippen LogP contribution in [0.5, 0.6) is 0 Å². The lowest BCUT2D eigenvalue weighted by molar-refractivity contribution is -0.121. The summed E-state index contributed by atoms with van der Waals surface area (Å²) in [7, 11) is 14.4. The number of hydrogen-bond donors (Lipinski definition) is 1. The fourth-order valence-electron chi connectivity index (χ4n) is 4.75. The zero-order valence-corrected chi connectivity index (χ0v) is 15.9. The Balaban J connectivity index is 2.47. The maximum Gasteiger partial charge on any atom is 0.284 e. The first kappa shape index (κ1) is 17.2. The summed E-state index contributed by atoms with van der Waals surface area (Å²) >= 11 is 6.97. The molecule has 1 aromatic rings. The van der Waals surface area contributed by atoms with Crippen LogP contribution in [-0.4, -0.2) is 66.8 Å². The molecule has 0 bridgehead atoms. The number of ketones is 1. The lowest BCUT2D eigenvalue weighted by Gasteiger charge is -2.47. The molecule has 1 aliphatic carbocycles. The molecule has 2 aliphatic rings. The summed E-state index contributed by atoms with van der Waals surface area (Å²) in [6, 6.07) is 0. The van der Waals surface area contributed by atoms with Crippen molar-refractivity contribution in [1.29, 1.82) is 0 Å². The molecule has 0 saturated carbocycles. The van der Waals surface area contributed by atoms with E-state index in [1.54, 1.807) is 0 Å². The van der Waals surface area contributed by atoms with Crippen molar-refractivity contribution in [3.63, 3.8) is 0 Å². The van der Waals surface area contributed by atoms with Crippen LogP contribution in [0.1, 0.15) is 12.0 Å². The Bertz CT molecular complexity index is 811. The van der Waals surface area contributed by atoms with Crippen LogP contribution in [0.2, 0.25) is 5.21 Å². The molecule has 2 atom stereocenters. The molecule has 1 aromatic carbocycles. The zero-order chi connectivity index (χ0) is 17.5. The summed E-state index contributed by atoms with van der Waals surface area (Å²) in [6.45, 7) is 0. The quantitative estimate of drug-likeness (QED) is 0.484. The second-order valence-corrected chi connectivity index (χ2v) is 8.22. The SMILES string of the molecule is BC1=C(B)C(=O)C2(N)c3c(B)c(B)c(B)c(B)c3B(Cl)C2(B)C1. The summed E-state index contributed by atoms with van der Waals surface area (Å²) in [4.78, 5) is 13.3. The van der Waals surface area contributed by atoms with Gasteiger partial charge in [0.25, 0.3) is 6.13 Å². The monoisotopic (exact) mass is 315 g/mol. The van der Waals surface area contributed by atoms with Gasteiger partial charge in [0.1, 0.15) is 54.9 Å². The predicted octanol–water partition coefficient (Wildman–Crippen LogP) is -8.89. The van der Waals surface area contributed by atoms with Crippen LogP contribution >= 0.6 is 11.5 Å². The molecule has 0 fully saturated rings. The van der Waals surface area contributed by atoms with Crippen molar-refractivity contribution in [1.82, 2.24) is 0 Å². The molecule has 23 heavy (non-hydrogen) atoms. The molecule has 0 aromatic heterocycles. The number of hydrogen-bond acceptors (Lipinski definition) is 2. The van der Waals surface area contributed by atoms with Gasteiger partial charge in [-0.25, -0.2) is 0 Å². The second kappa shape index (κ2) is 4.95. The highest BCUT2D eigenvalue weighted by Crippen LogP contribution is 2.56. The van der Waals surface area contributed by atoms with Gasteiger partial charge in [0, 0.05) is 0 Å². The fourth-order valence-corrected chi connectivity index (χ4v) is 5.27. The van der Waals surface area contributed by atoms with Crippen molar-refractivity contribution in [3.05, 3.63) is 16.5 Å². The van der Waals surface area contributed by atoms with Crippen LogP contribution in [0.3, 0.4) is 0 Å². The first-order valence-electron chi connectivity index (χ1n) is 8.25. The van der Waals surface area contributed by atoms with Gasteiger partial charge in [-0.05, 0) is 17.2 Å². The molecule has 11 heteroatoms. The first-order valence-corrected chi connectivity index (χ1v) is 8.68. The van der Waals surface area contributed by atoms with Crippen molar-refractivity contribution < 1.29 is 4.79 Å². The maximum absolute atomic E-state index is 13.3. The molecule has 2 nitrogen and oxygen atoms in total. The fraction of sp³-hybridized carbons (Fsp3) is 0.250. The van der Waals surface area contributed by atoms with Gasteiger partial charge in [0.05, 0.1) is 5.54 Å². The highest BCUT2D eigenvalue weighted by molar-refractivity contribution is 7.20. The lowest BCUT2D eigenvalue weighted by atomic mass is 9.32. The molecular weight excluding hydrogens is 296 g/mol. The third kappa shape index (κ3) is 1.77. The number of nitrogens with two attached hydrogens (primary N) is 1. The number of Topliss-reactive ketones (excluding diaryl/α,β-unsaturated/α-hetero) is 1. The zero-order valence-electron chi connectivity index (χ0n) is 15.1. The lowest BCUT2D eigenvalue weighted by Crippen LogP contribution is -2.61. The Morgan fingerprint density at radius 2 is 1.52 bits per heavy atom.